The van der Waals surface area contributed by atoms with E-state index >= 15 is 0 Å². The number of pyridine rings is 1. The van der Waals surface area contributed by atoms with Gasteiger partial charge in [-0.05, 0) is 38.1 Å². The van der Waals surface area contributed by atoms with Crippen molar-refractivity contribution in [1.29, 1.82) is 0 Å². The van der Waals surface area contributed by atoms with Gasteiger partial charge < -0.3 is 14.6 Å². The minimum atomic E-state index is 0.728. The molecule has 20 heavy (non-hydrogen) atoms. The number of rotatable bonds is 7. The van der Waals surface area contributed by atoms with Crippen LogP contribution in [0.1, 0.15) is 30.4 Å². The predicted octanol–water partition coefficient (Wildman–Crippen LogP) is 3.12. The van der Waals surface area contributed by atoms with Gasteiger partial charge in [0.25, 0.3) is 0 Å². The molecular formula is C16H23N3O. The van der Waals surface area contributed by atoms with Gasteiger partial charge in [0.1, 0.15) is 17.3 Å². The van der Waals surface area contributed by atoms with Crippen LogP contribution in [0.4, 0.5) is 5.82 Å². The molecule has 0 aliphatic rings. The number of aromatic nitrogens is 1. The molecule has 0 unspecified atom stereocenters. The van der Waals surface area contributed by atoms with Crippen LogP contribution in [-0.2, 0) is 13.1 Å². The average Bonchev–Trinajstić information content (AvgIpc) is 2.85. The summed E-state index contributed by atoms with van der Waals surface area (Å²) in [5, 5.41) is 3.42. The molecule has 2 heterocycles. The van der Waals surface area contributed by atoms with Crippen LogP contribution in [0.3, 0.4) is 0 Å². The van der Waals surface area contributed by atoms with Gasteiger partial charge in [0.15, 0.2) is 0 Å². The van der Waals surface area contributed by atoms with E-state index in [0.29, 0.717) is 0 Å². The fourth-order valence-corrected chi connectivity index (χ4v) is 2.19. The van der Waals surface area contributed by atoms with Crippen LogP contribution in [0.25, 0.3) is 0 Å². The zero-order valence-corrected chi connectivity index (χ0v) is 12.5. The van der Waals surface area contributed by atoms with E-state index in [1.165, 1.54) is 5.56 Å². The Labute approximate surface area is 120 Å². The van der Waals surface area contributed by atoms with E-state index < -0.39 is 0 Å². The molecule has 0 saturated heterocycles. The molecule has 0 radical (unpaired) electrons. The summed E-state index contributed by atoms with van der Waals surface area (Å²) in [4.78, 5) is 6.63. The number of anilines is 1. The Balaban J connectivity index is 2.06. The Morgan fingerprint density at radius 1 is 1.30 bits per heavy atom. The van der Waals surface area contributed by atoms with Crippen LogP contribution in [0.15, 0.2) is 34.9 Å². The second kappa shape index (κ2) is 7.10. The van der Waals surface area contributed by atoms with E-state index in [2.05, 4.69) is 28.2 Å². The summed E-state index contributed by atoms with van der Waals surface area (Å²) >= 11 is 0. The van der Waals surface area contributed by atoms with Gasteiger partial charge in [-0.25, -0.2) is 4.98 Å². The van der Waals surface area contributed by atoms with Crippen molar-refractivity contribution in [1.82, 2.24) is 10.3 Å². The standard InChI is InChI=1S/C16H23N3O/c1-4-9-17-11-14-6-5-10-18-16(14)19(3)12-15-8-7-13(2)20-15/h5-8,10,17H,4,9,11-12H2,1-3H3. The van der Waals surface area contributed by atoms with E-state index in [9.17, 15) is 0 Å². The van der Waals surface area contributed by atoms with Crippen molar-refractivity contribution < 1.29 is 4.42 Å². The first-order valence-electron chi connectivity index (χ1n) is 7.11. The van der Waals surface area contributed by atoms with Gasteiger partial charge in [-0.15, -0.1) is 0 Å². The lowest BCUT2D eigenvalue weighted by Crippen LogP contribution is -2.22. The van der Waals surface area contributed by atoms with Gasteiger partial charge in [-0.3, -0.25) is 0 Å². The van der Waals surface area contributed by atoms with Crippen molar-refractivity contribution in [3.63, 3.8) is 0 Å². The molecule has 0 saturated carbocycles. The van der Waals surface area contributed by atoms with E-state index in [-0.39, 0.29) is 0 Å². The quantitative estimate of drug-likeness (QED) is 0.787. The van der Waals surface area contributed by atoms with Crippen LogP contribution >= 0.6 is 0 Å². The largest absolute Gasteiger partial charge is 0.464 e. The van der Waals surface area contributed by atoms with Gasteiger partial charge in [0.2, 0.25) is 0 Å². The highest BCUT2D eigenvalue weighted by Gasteiger charge is 2.10. The zero-order chi connectivity index (χ0) is 14.4. The molecular weight excluding hydrogens is 250 g/mol. The summed E-state index contributed by atoms with van der Waals surface area (Å²) in [7, 11) is 2.05. The highest BCUT2D eigenvalue weighted by atomic mass is 16.3. The van der Waals surface area contributed by atoms with Crippen LogP contribution in [0.5, 0.6) is 0 Å². The first kappa shape index (κ1) is 14.6. The molecule has 0 bridgehead atoms. The number of nitrogens with one attached hydrogen (secondary N) is 1. The normalized spacial score (nSPS) is 10.8. The molecule has 0 spiro atoms. The van der Waals surface area contributed by atoms with Crippen molar-refractivity contribution in [2.75, 3.05) is 18.5 Å². The molecule has 1 N–H and O–H groups in total. The van der Waals surface area contributed by atoms with E-state index in [0.717, 1.165) is 43.4 Å². The lowest BCUT2D eigenvalue weighted by molar-refractivity contribution is 0.481. The van der Waals surface area contributed by atoms with Gasteiger partial charge in [0, 0.05) is 25.4 Å². The minimum Gasteiger partial charge on any atom is -0.464 e. The van der Waals surface area contributed by atoms with Crippen molar-refractivity contribution in [2.24, 2.45) is 0 Å². The van der Waals surface area contributed by atoms with E-state index in [1.807, 2.05) is 38.4 Å². The Hall–Kier alpha value is -1.81. The predicted molar refractivity (Wildman–Crippen MR) is 81.8 cm³/mol. The van der Waals surface area contributed by atoms with Crippen molar-refractivity contribution in [3.05, 3.63) is 47.5 Å². The third-order valence-corrected chi connectivity index (χ3v) is 3.16. The summed E-state index contributed by atoms with van der Waals surface area (Å²) < 4.78 is 5.63. The van der Waals surface area contributed by atoms with E-state index in [4.69, 9.17) is 4.42 Å². The molecule has 4 heteroatoms. The van der Waals surface area contributed by atoms with Crippen molar-refractivity contribution in [2.45, 2.75) is 33.4 Å². The highest BCUT2D eigenvalue weighted by molar-refractivity contribution is 5.46. The molecule has 0 aliphatic carbocycles. The third kappa shape index (κ3) is 3.84. The molecule has 0 aromatic carbocycles. The van der Waals surface area contributed by atoms with Crippen LogP contribution in [0.2, 0.25) is 0 Å². The third-order valence-electron chi connectivity index (χ3n) is 3.16. The number of hydrogen-bond acceptors (Lipinski definition) is 4. The lowest BCUT2D eigenvalue weighted by Gasteiger charge is -2.20. The fraction of sp³-hybridized carbons (Fsp3) is 0.438. The number of nitrogens with zero attached hydrogens (tertiary/aromatic N) is 2. The molecule has 0 atom stereocenters. The average molecular weight is 273 g/mol. The highest BCUT2D eigenvalue weighted by Crippen LogP contribution is 2.18. The monoisotopic (exact) mass is 273 g/mol. The second-order valence-electron chi connectivity index (χ2n) is 5.03. The molecule has 0 amide bonds. The fourth-order valence-electron chi connectivity index (χ4n) is 2.19. The molecule has 0 aliphatic heterocycles. The molecule has 2 aromatic heterocycles. The summed E-state index contributed by atoms with van der Waals surface area (Å²) in [6, 6.07) is 8.11. The molecule has 2 aromatic rings. The van der Waals surface area contributed by atoms with Gasteiger partial charge in [-0.1, -0.05) is 13.0 Å². The van der Waals surface area contributed by atoms with Crippen molar-refractivity contribution >= 4 is 5.82 Å². The lowest BCUT2D eigenvalue weighted by atomic mass is 10.2. The minimum absolute atomic E-state index is 0.728. The van der Waals surface area contributed by atoms with Crippen LogP contribution < -0.4 is 10.2 Å². The Morgan fingerprint density at radius 2 is 2.15 bits per heavy atom. The maximum absolute atomic E-state index is 5.63. The topological polar surface area (TPSA) is 41.3 Å². The number of aryl methyl sites for hydroxylation is 1. The Bertz CT molecular complexity index is 536. The van der Waals surface area contributed by atoms with Crippen molar-refractivity contribution in [3.8, 4) is 0 Å². The van der Waals surface area contributed by atoms with Gasteiger partial charge in [0.05, 0.1) is 6.54 Å². The van der Waals surface area contributed by atoms with Crippen LogP contribution in [-0.4, -0.2) is 18.6 Å². The van der Waals surface area contributed by atoms with Gasteiger partial charge >= 0.3 is 0 Å². The smallest absolute Gasteiger partial charge is 0.133 e. The summed E-state index contributed by atoms with van der Waals surface area (Å²) in [6.45, 7) is 6.73. The maximum Gasteiger partial charge on any atom is 0.133 e. The summed E-state index contributed by atoms with van der Waals surface area (Å²) in [6.07, 6.45) is 2.97. The molecule has 108 valence electrons. The summed E-state index contributed by atoms with van der Waals surface area (Å²) in [5.74, 6) is 2.91. The van der Waals surface area contributed by atoms with E-state index in [1.54, 1.807) is 0 Å². The van der Waals surface area contributed by atoms with Crippen LogP contribution in [0, 0.1) is 6.92 Å². The zero-order valence-electron chi connectivity index (χ0n) is 12.5. The Morgan fingerprint density at radius 3 is 2.85 bits per heavy atom. The molecule has 4 nitrogen and oxygen atoms in total. The SMILES string of the molecule is CCCNCc1cccnc1N(C)Cc1ccc(C)o1. The summed E-state index contributed by atoms with van der Waals surface area (Å²) in [5.41, 5.74) is 1.21. The first-order chi connectivity index (χ1) is 9.70. The second-order valence-corrected chi connectivity index (χ2v) is 5.03. The Kier molecular flexibility index (Phi) is 5.18. The maximum atomic E-state index is 5.63. The van der Waals surface area contributed by atoms with Gasteiger partial charge in [-0.2, -0.15) is 0 Å². The first-order valence-corrected chi connectivity index (χ1v) is 7.11. The number of hydrogen-bond donors (Lipinski definition) is 1. The molecule has 2 rings (SSSR count). The molecule has 0 fully saturated rings. The number of furan rings is 1.